The lowest BCUT2D eigenvalue weighted by Gasteiger charge is -1.89. The number of hydrogen-bond donors (Lipinski definition) is 4. The van der Waals surface area contributed by atoms with Gasteiger partial charge in [-0.2, -0.15) is 27.0 Å². The minimum Gasteiger partial charge on any atom is -0.263 e. The zero-order chi connectivity index (χ0) is 15.5. The zero-order valence-electron chi connectivity index (χ0n) is 8.71. The van der Waals surface area contributed by atoms with Crippen molar-refractivity contribution in [3.63, 3.8) is 0 Å². The van der Waals surface area contributed by atoms with Gasteiger partial charge in [0.1, 0.15) is 0 Å². The van der Waals surface area contributed by atoms with Gasteiger partial charge in [-0.25, -0.2) is 0 Å². The molecule has 1 rings (SSSR count). The lowest BCUT2D eigenvalue weighted by Crippen LogP contribution is -2.10. The fraction of sp³-hybridized carbons (Fsp3) is 0. The third-order valence-electron chi connectivity index (χ3n) is 0.655. The second kappa shape index (κ2) is 9.76. The molecule has 0 atom stereocenters. The van der Waals surface area contributed by atoms with Crippen LogP contribution in [-0.4, -0.2) is 45.9 Å². The van der Waals surface area contributed by atoms with Crippen molar-refractivity contribution in [2.24, 2.45) is 0 Å². The van der Waals surface area contributed by atoms with Crippen molar-refractivity contribution in [2.45, 2.75) is 0 Å². The molecular weight excluding hydrogens is 331 g/mol. The molecule has 0 aliphatic heterocycles. The Balaban J connectivity index is 0. The van der Waals surface area contributed by atoms with Crippen molar-refractivity contribution in [2.75, 3.05) is 0 Å². The van der Waals surface area contributed by atoms with E-state index in [1.807, 2.05) is 12.1 Å². The van der Waals surface area contributed by atoms with Crippen molar-refractivity contribution < 1.29 is 43.9 Å². The minimum atomic E-state index is -5.12. The topological polar surface area (TPSA) is 201 Å². The molecule has 4 N–H and O–H groups in total. The monoisotopic (exact) mass is 339 g/mol. The van der Waals surface area contributed by atoms with Crippen molar-refractivity contribution >= 4 is 29.1 Å². The smallest absolute Gasteiger partial charge is 0.263 e. The lowest BCUT2D eigenvalue weighted by molar-refractivity contribution is 0.344. The van der Waals surface area contributed by atoms with Crippen molar-refractivity contribution in [3.05, 3.63) is 24.5 Å². The Labute approximate surface area is 108 Å². The zero-order valence-corrected chi connectivity index (χ0v) is 11.2. The van der Waals surface area contributed by atoms with Gasteiger partial charge in [0.2, 0.25) is 0 Å². The molecule has 12 nitrogen and oxygen atoms in total. The average molecular weight is 339 g/mol. The molecule has 0 aliphatic carbocycles. The first-order chi connectivity index (χ1) is 8.44. The Kier molecular flexibility index (Phi) is 10.4. The molecule has 0 aliphatic rings. The number of nitrogens with zero attached hydrogens (tertiary/aromatic N) is 2. The molecule has 0 radical (unpaired) electrons. The average Bonchev–Trinajstić information content (AvgIpc) is 2.14. The van der Waals surface area contributed by atoms with Crippen LogP contribution in [0, 0.1) is 0 Å². The Morgan fingerprint density at radius 1 is 0.895 bits per heavy atom. The standard InChI is InChI=1S/C4H4N2.H2O7S2.HO3P/c1-2-4-6-5-3-1;1-8(2,3)7-9(4,5)6;1-4(2)3/h1-4H;(H,1,2,3)(H,4,5,6);(H-,1,2,3)/p+1. The first-order valence-corrected chi connectivity index (χ1v) is 7.56. The molecule has 0 unspecified atom stereocenters. The van der Waals surface area contributed by atoms with E-state index in [1.54, 1.807) is 12.4 Å². The minimum absolute atomic E-state index is 1.64. The van der Waals surface area contributed by atoms with E-state index >= 15 is 0 Å². The van der Waals surface area contributed by atoms with Crippen molar-refractivity contribution in [1.29, 1.82) is 0 Å². The molecule has 0 aromatic carbocycles. The van der Waals surface area contributed by atoms with Crippen molar-refractivity contribution in [1.82, 2.24) is 10.2 Å². The summed E-state index contributed by atoms with van der Waals surface area (Å²) in [6.45, 7) is 0. The SMILES string of the molecule is O=S(=O)(O)OS(=O)(=O)O.O=[P+](O)O.c1ccnnc1. The van der Waals surface area contributed by atoms with E-state index in [0.29, 0.717) is 0 Å². The molecular formula is C4H8N2O10PS2+. The fourth-order valence-electron chi connectivity index (χ4n) is 0.362. The molecule has 0 saturated carbocycles. The Morgan fingerprint density at radius 3 is 1.21 bits per heavy atom. The number of hydrogen-bond acceptors (Lipinski definition) is 8. The summed E-state index contributed by atoms with van der Waals surface area (Å²) in [5.41, 5.74) is 0. The maximum atomic E-state index is 9.44. The van der Waals surface area contributed by atoms with Crippen LogP contribution < -0.4 is 0 Å². The van der Waals surface area contributed by atoms with E-state index in [4.69, 9.17) is 23.5 Å². The van der Waals surface area contributed by atoms with Crippen LogP contribution in [0.1, 0.15) is 0 Å². The van der Waals surface area contributed by atoms with E-state index in [9.17, 15) is 16.8 Å². The van der Waals surface area contributed by atoms with Crippen LogP contribution in [0.15, 0.2) is 24.5 Å². The highest BCUT2D eigenvalue weighted by molar-refractivity contribution is 7.94. The summed E-state index contributed by atoms with van der Waals surface area (Å²) in [6, 6.07) is 3.65. The van der Waals surface area contributed by atoms with E-state index in [0.717, 1.165) is 0 Å². The highest BCUT2D eigenvalue weighted by atomic mass is 32.3. The molecule has 1 heterocycles. The molecule has 0 spiro atoms. The van der Waals surface area contributed by atoms with E-state index in [-0.39, 0.29) is 0 Å². The summed E-state index contributed by atoms with van der Waals surface area (Å²) in [4.78, 5) is 14.2. The maximum absolute atomic E-state index is 9.44. The molecule has 0 bridgehead atoms. The van der Waals surface area contributed by atoms with Crippen LogP contribution in [0.5, 0.6) is 0 Å². The van der Waals surface area contributed by atoms with Crippen LogP contribution in [0.2, 0.25) is 0 Å². The highest BCUT2D eigenvalue weighted by Crippen LogP contribution is 1.98. The maximum Gasteiger partial charge on any atom is 0.692 e. The highest BCUT2D eigenvalue weighted by Gasteiger charge is 2.15. The van der Waals surface area contributed by atoms with Gasteiger partial charge in [0.25, 0.3) is 0 Å². The van der Waals surface area contributed by atoms with E-state index in [2.05, 4.69) is 13.8 Å². The molecule has 0 fully saturated rings. The fourth-order valence-corrected chi connectivity index (χ4v) is 1.23. The van der Waals surface area contributed by atoms with Crippen LogP contribution >= 0.6 is 8.25 Å². The summed E-state index contributed by atoms with van der Waals surface area (Å²) < 4.78 is 64.3. The Hall–Kier alpha value is -1.12. The second-order valence-electron chi connectivity index (χ2n) is 2.09. The van der Waals surface area contributed by atoms with Crippen LogP contribution in [0.25, 0.3) is 0 Å². The van der Waals surface area contributed by atoms with E-state index in [1.165, 1.54) is 0 Å². The predicted molar refractivity (Wildman–Crippen MR) is 58.3 cm³/mol. The predicted octanol–water partition coefficient (Wildman–Crippen LogP) is -1.29. The lowest BCUT2D eigenvalue weighted by atomic mass is 10.6. The summed E-state index contributed by atoms with van der Waals surface area (Å²) in [7, 11) is -13.1. The van der Waals surface area contributed by atoms with Crippen molar-refractivity contribution in [3.8, 4) is 0 Å². The molecule has 0 saturated heterocycles. The molecule has 110 valence electrons. The summed E-state index contributed by atoms with van der Waals surface area (Å²) in [6.07, 6.45) is 3.28. The first kappa shape index (κ1) is 20.2. The molecule has 0 amide bonds. The van der Waals surface area contributed by atoms with Gasteiger partial charge in [0.15, 0.2) is 0 Å². The van der Waals surface area contributed by atoms with Gasteiger partial charge in [-0.3, -0.25) is 9.11 Å². The third-order valence-corrected chi connectivity index (χ3v) is 2.03. The van der Waals surface area contributed by atoms with Gasteiger partial charge < -0.3 is 0 Å². The van der Waals surface area contributed by atoms with Gasteiger partial charge >= 0.3 is 29.1 Å². The van der Waals surface area contributed by atoms with Gasteiger partial charge in [0.05, 0.1) is 0 Å². The number of rotatable bonds is 2. The summed E-state index contributed by atoms with van der Waals surface area (Å²) in [5.74, 6) is 0. The van der Waals surface area contributed by atoms with Crippen LogP contribution in [-0.2, 0) is 29.0 Å². The normalized spacial score (nSPS) is 10.3. The summed E-state index contributed by atoms with van der Waals surface area (Å²) in [5, 5.41) is 7.07. The third kappa shape index (κ3) is 31.6. The largest absolute Gasteiger partial charge is 0.692 e. The Bertz CT molecular complexity index is 496. The molecule has 15 heteroatoms. The summed E-state index contributed by atoms with van der Waals surface area (Å²) >= 11 is 0. The molecule has 1 aromatic rings. The first-order valence-electron chi connectivity index (χ1n) is 3.66. The van der Waals surface area contributed by atoms with Gasteiger partial charge in [-0.15, -0.1) is 13.4 Å². The van der Waals surface area contributed by atoms with Crippen LogP contribution in [0.3, 0.4) is 0 Å². The molecule has 1 aromatic heterocycles. The second-order valence-corrected chi connectivity index (χ2v) is 4.85. The van der Waals surface area contributed by atoms with Gasteiger partial charge in [0, 0.05) is 17.0 Å². The van der Waals surface area contributed by atoms with E-state index < -0.39 is 29.1 Å². The quantitative estimate of drug-likeness (QED) is 0.367. The van der Waals surface area contributed by atoms with Gasteiger partial charge in [-0.05, 0) is 12.1 Å². The van der Waals surface area contributed by atoms with Crippen LogP contribution in [0.4, 0.5) is 0 Å². The molecule has 19 heavy (non-hydrogen) atoms. The Morgan fingerprint density at radius 2 is 1.16 bits per heavy atom. The number of aromatic nitrogens is 2. The van der Waals surface area contributed by atoms with Gasteiger partial charge in [-0.1, -0.05) is 0 Å².